The second-order valence-electron chi connectivity index (χ2n) is 6.77. The van der Waals surface area contributed by atoms with E-state index in [1.165, 1.54) is 34.9 Å². The molecule has 1 aliphatic rings. The van der Waals surface area contributed by atoms with Crippen molar-refractivity contribution in [1.82, 2.24) is 9.29 Å². The van der Waals surface area contributed by atoms with Gasteiger partial charge in [0, 0.05) is 48.7 Å². The van der Waals surface area contributed by atoms with Crippen molar-refractivity contribution in [1.29, 1.82) is 0 Å². The molecule has 0 atom stereocenters. The lowest BCUT2D eigenvalue weighted by Crippen LogP contribution is -2.42. The monoisotopic (exact) mass is 467 g/mol. The molecule has 0 spiro atoms. The standard InChI is InChI=1S/C17H20F3N3O5S2/c1-2-29(24,25)23-7-4-13(5-8-23)22-16-10-14(28-30(26,27)17(18,19)20)9-12-3-6-21-11-15(12)16/h3,6,9-11,13,22H,2,4-5,7-8H2,1H3. The van der Waals surface area contributed by atoms with Gasteiger partial charge in [0.2, 0.25) is 10.0 Å². The predicted octanol–water partition coefficient (Wildman–Crippen LogP) is 2.69. The fraction of sp³-hybridized carbons (Fsp3) is 0.471. The normalized spacial score (nSPS) is 17.2. The number of halogens is 3. The van der Waals surface area contributed by atoms with Crippen molar-refractivity contribution < 1.29 is 34.2 Å². The second kappa shape index (κ2) is 8.19. The molecule has 1 aliphatic heterocycles. The molecule has 1 saturated heterocycles. The van der Waals surface area contributed by atoms with Crippen LogP contribution < -0.4 is 9.50 Å². The number of pyridine rings is 1. The first-order valence-electron chi connectivity index (χ1n) is 9.06. The SMILES string of the molecule is CCS(=O)(=O)N1CCC(Nc2cc(OS(=O)(=O)C(F)(F)F)cc3ccncc23)CC1. The summed E-state index contributed by atoms with van der Waals surface area (Å²) in [4.78, 5) is 4.00. The van der Waals surface area contributed by atoms with E-state index in [1.807, 2.05) is 0 Å². The van der Waals surface area contributed by atoms with Gasteiger partial charge in [-0.25, -0.2) is 12.7 Å². The van der Waals surface area contributed by atoms with Crippen molar-refractivity contribution in [3.05, 3.63) is 30.6 Å². The Kier molecular flexibility index (Phi) is 6.16. The maximum absolute atomic E-state index is 12.7. The Morgan fingerprint density at radius 2 is 1.87 bits per heavy atom. The number of anilines is 1. The molecule has 0 amide bonds. The number of alkyl halides is 3. The molecule has 1 aromatic heterocycles. The summed E-state index contributed by atoms with van der Waals surface area (Å²) in [5, 5.41) is 4.17. The maximum Gasteiger partial charge on any atom is 0.534 e. The highest BCUT2D eigenvalue weighted by Crippen LogP contribution is 2.33. The Morgan fingerprint density at radius 1 is 1.20 bits per heavy atom. The summed E-state index contributed by atoms with van der Waals surface area (Å²) in [5.74, 6) is -0.478. The summed E-state index contributed by atoms with van der Waals surface area (Å²) >= 11 is 0. The molecule has 0 unspecified atom stereocenters. The first-order valence-corrected chi connectivity index (χ1v) is 12.1. The van der Waals surface area contributed by atoms with E-state index in [2.05, 4.69) is 14.5 Å². The summed E-state index contributed by atoms with van der Waals surface area (Å²) < 4.78 is 90.4. The number of nitrogens with zero attached hydrogens (tertiary/aromatic N) is 2. The van der Waals surface area contributed by atoms with Gasteiger partial charge >= 0.3 is 15.6 Å². The van der Waals surface area contributed by atoms with Crippen LogP contribution in [0.4, 0.5) is 18.9 Å². The van der Waals surface area contributed by atoms with Gasteiger partial charge in [0.15, 0.2) is 0 Å². The lowest BCUT2D eigenvalue weighted by Gasteiger charge is -2.32. The molecule has 13 heteroatoms. The molecule has 8 nitrogen and oxygen atoms in total. The molecule has 1 fully saturated rings. The van der Waals surface area contributed by atoms with Crippen LogP contribution in [-0.2, 0) is 20.1 Å². The van der Waals surface area contributed by atoms with E-state index in [4.69, 9.17) is 0 Å². The van der Waals surface area contributed by atoms with Gasteiger partial charge in [0.25, 0.3) is 0 Å². The Bertz CT molecular complexity index is 1130. The number of benzene rings is 1. The number of piperidine rings is 1. The van der Waals surface area contributed by atoms with E-state index >= 15 is 0 Å². The molecule has 2 aromatic rings. The van der Waals surface area contributed by atoms with Gasteiger partial charge in [-0.1, -0.05) is 0 Å². The summed E-state index contributed by atoms with van der Waals surface area (Å²) in [6, 6.07) is 3.71. The summed E-state index contributed by atoms with van der Waals surface area (Å²) in [6.07, 6.45) is 3.87. The number of nitrogens with one attached hydrogen (secondary N) is 1. The van der Waals surface area contributed by atoms with Gasteiger partial charge in [0.05, 0.1) is 5.75 Å². The van der Waals surface area contributed by atoms with Crippen molar-refractivity contribution in [3.63, 3.8) is 0 Å². The molecule has 1 N–H and O–H groups in total. The van der Waals surface area contributed by atoms with Crippen molar-refractivity contribution in [3.8, 4) is 5.75 Å². The quantitative estimate of drug-likeness (QED) is 0.514. The van der Waals surface area contributed by atoms with E-state index in [-0.39, 0.29) is 11.8 Å². The third-order valence-electron chi connectivity index (χ3n) is 4.79. The van der Waals surface area contributed by atoms with Crippen molar-refractivity contribution >= 4 is 36.6 Å². The van der Waals surface area contributed by atoms with Gasteiger partial charge in [-0.15, -0.1) is 0 Å². The molecule has 30 heavy (non-hydrogen) atoms. The third-order valence-corrected chi connectivity index (χ3v) is 7.65. The molecule has 2 heterocycles. The zero-order chi connectivity index (χ0) is 22.2. The molecular formula is C17H20F3N3O5S2. The van der Waals surface area contributed by atoms with E-state index < -0.39 is 31.4 Å². The first-order chi connectivity index (χ1) is 13.9. The number of hydrogen-bond acceptors (Lipinski definition) is 7. The number of sulfonamides is 1. The molecule has 0 saturated carbocycles. The zero-order valence-corrected chi connectivity index (χ0v) is 17.5. The number of fused-ring (bicyclic) bond motifs is 1. The van der Waals surface area contributed by atoms with Crippen LogP contribution in [0.25, 0.3) is 10.8 Å². The zero-order valence-electron chi connectivity index (χ0n) is 15.9. The lowest BCUT2D eigenvalue weighted by atomic mass is 10.0. The lowest BCUT2D eigenvalue weighted by molar-refractivity contribution is -0.0500. The topological polar surface area (TPSA) is 106 Å². The number of rotatable bonds is 6. The predicted molar refractivity (Wildman–Crippen MR) is 105 cm³/mol. The van der Waals surface area contributed by atoms with Crippen LogP contribution in [0.2, 0.25) is 0 Å². The highest BCUT2D eigenvalue weighted by Gasteiger charge is 2.48. The van der Waals surface area contributed by atoms with Gasteiger partial charge in [-0.2, -0.15) is 21.6 Å². The van der Waals surface area contributed by atoms with E-state index in [1.54, 1.807) is 6.92 Å². The molecular weight excluding hydrogens is 447 g/mol. The molecule has 0 aliphatic carbocycles. The molecule has 166 valence electrons. The highest BCUT2D eigenvalue weighted by atomic mass is 32.2. The maximum atomic E-state index is 12.7. The molecule has 3 rings (SSSR count). The van der Waals surface area contributed by atoms with Crippen LogP contribution in [0, 0.1) is 0 Å². The van der Waals surface area contributed by atoms with Crippen LogP contribution in [-0.4, -0.2) is 56.5 Å². The summed E-state index contributed by atoms with van der Waals surface area (Å²) in [7, 11) is -9.10. The van der Waals surface area contributed by atoms with E-state index in [9.17, 15) is 30.0 Å². The van der Waals surface area contributed by atoms with Gasteiger partial charge in [-0.05, 0) is 37.3 Å². The minimum absolute atomic E-state index is 0.00840. The Balaban J connectivity index is 1.85. The van der Waals surface area contributed by atoms with Gasteiger partial charge in [-0.3, -0.25) is 4.98 Å². The van der Waals surface area contributed by atoms with Crippen LogP contribution in [0.15, 0.2) is 30.6 Å². The fourth-order valence-corrected chi connectivity index (χ4v) is 4.77. The Morgan fingerprint density at radius 3 is 2.47 bits per heavy atom. The van der Waals surface area contributed by atoms with E-state index in [0.29, 0.717) is 42.4 Å². The van der Waals surface area contributed by atoms with Crippen molar-refractivity contribution in [2.24, 2.45) is 0 Å². The van der Waals surface area contributed by atoms with Crippen molar-refractivity contribution in [2.75, 3.05) is 24.2 Å². The largest absolute Gasteiger partial charge is 0.534 e. The average molecular weight is 467 g/mol. The van der Waals surface area contributed by atoms with Crippen LogP contribution in [0.5, 0.6) is 5.75 Å². The molecule has 1 aromatic carbocycles. The third kappa shape index (κ3) is 4.78. The van der Waals surface area contributed by atoms with Crippen LogP contribution in [0.1, 0.15) is 19.8 Å². The molecule has 0 radical (unpaired) electrons. The van der Waals surface area contributed by atoms with Crippen LogP contribution in [0.3, 0.4) is 0 Å². The minimum Gasteiger partial charge on any atom is -0.382 e. The average Bonchev–Trinajstić information content (AvgIpc) is 2.67. The number of hydrogen-bond donors (Lipinski definition) is 1. The van der Waals surface area contributed by atoms with Gasteiger partial charge in [0.1, 0.15) is 5.75 Å². The van der Waals surface area contributed by atoms with E-state index in [0.717, 1.165) is 0 Å². The van der Waals surface area contributed by atoms with Crippen LogP contribution >= 0.6 is 0 Å². The Labute approximate surface area is 172 Å². The molecule has 0 bridgehead atoms. The second-order valence-corrected chi connectivity index (χ2v) is 10.6. The summed E-state index contributed by atoms with van der Waals surface area (Å²) in [6.45, 7) is 2.19. The highest BCUT2D eigenvalue weighted by molar-refractivity contribution is 7.89. The summed E-state index contributed by atoms with van der Waals surface area (Å²) in [5.41, 5.74) is -5.20. The first kappa shape index (κ1) is 22.6. The minimum atomic E-state index is -5.81. The number of aromatic nitrogens is 1. The van der Waals surface area contributed by atoms with Gasteiger partial charge < -0.3 is 9.50 Å². The Hall–Kier alpha value is -2.12. The smallest absolute Gasteiger partial charge is 0.382 e. The van der Waals surface area contributed by atoms with Crippen molar-refractivity contribution in [2.45, 2.75) is 31.3 Å². The fourth-order valence-electron chi connectivity index (χ4n) is 3.19.